The molecule has 2 aliphatic rings. The van der Waals surface area contributed by atoms with E-state index in [0.717, 1.165) is 42.7 Å². The van der Waals surface area contributed by atoms with Crippen molar-refractivity contribution >= 4 is 23.2 Å². The highest BCUT2D eigenvalue weighted by atomic mass is 16.2. The first-order valence-corrected chi connectivity index (χ1v) is 9.44. The molecule has 1 aromatic rings. The Labute approximate surface area is 150 Å². The molecule has 2 heterocycles. The van der Waals surface area contributed by atoms with Gasteiger partial charge in [0.15, 0.2) is 0 Å². The van der Waals surface area contributed by atoms with Crippen LogP contribution in [0.25, 0.3) is 0 Å². The quantitative estimate of drug-likeness (QED) is 0.912. The fourth-order valence-electron chi connectivity index (χ4n) is 4.19. The zero-order valence-corrected chi connectivity index (χ0v) is 15.5. The molecular weight excluding hydrogens is 314 g/mol. The highest BCUT2D eigenvalue weighted by Gasteiger charge is 2.29. The lowest BCUT2D eigenvalue weighted by atomic mass is 9.97. The zero-order chi connectivity index (χ0) is 18.0. The van der Waals surface area contributed by atoms with Gasteiger partial charge in [0.05, 0.1) is 6.54 Å². The van der Waals surface area contributed by atoms with Crippen molar-refractivity contribution in [1.29, 1.82) is 0 Å². The molecule has 1 N–H and O–H groups in total. The van der Waals surface area contributed by atoms with Crippen LogP contribution in [0.3, 0.4) is 0 Å². The van der Waals surface area contributed by atoms with E-state index >= 15 is 0 Å². The van der Waals surface area contributed by atoms with E-state index in [0.29, 0.717) is 25.0 Å². The standard InChI is InChI=1S/C20H29N3O2/c1-14-7-4-8-15(2)23(14)20(25)13-21-17-9-5-10-18(16(17)3)22-12-6-11-19(22)24/h5,9-10,14-15,21H,4,6-8,11-13H2,1-3H3/t14-,15-/m0/s1. The summed E-state index contributed by atoms with van der Waals surface area (Å²) in [5.41, 5.74) is 2.92. The van der Waals surface area contributed by atoms with E-state index in [1.165, 1.54) is 6.42 Å². The average molecular weight is 343 g/mol. The monoisotopic (exact) mass is 343 g/mol. The number of nitrogens with zero attached hydrogens (tertiary/aromatic N) is 2. The zero-order valence-electron chi connectivity index (χ0n) is 15.5. The van der Waals surface area contributed by atoms with Crippen molar-refractivity contribution in [3.05, 3.63) is 23.8 Å². The molecule has 0 aromatic heterocycles. The van der Waals surface area contributed by atoms with Crippen LogP contribution >= 0.6 is 0 Å². The minimum absolute atomic E-state index is 0.154. The first kappa shape index (κ1) is 17.8. The first-order valence-electron chi connectivity index (χ1n) is 9.44. The minimum Gasteiger partial charge on any atom is -0.376 e. The van der Waals surface area contributed by atoms with Crippen molar-refractivity contribution in [2.75, 3.05) is 23.3 Å². The van der Waals surface area contributed by atoms with E-state index in [9.17, 15) is 9.59 Å². The third-order valence-electron chi connectivity index (χ3n) is 5.58. The number of anilines is 2. The molecule has 2 saturated heterocycles. The molecule has 0 unspecified atom stereocenters. The number of carbonyl (C=O) groups excluding carboxylic acids is 2. The van der Waals surface area contributed by atoms with Crippen LogP contribution < -0.4 is 10.2 Å². The van der Waals surface area contributed by atoms with Gasteiger partial charge in [0.2, 0.25) is 11.8 Å². The van der Waals surface area contributed by atoms with E-state index in [4.69, 9.17) is 0 Å². The summed E-state index contributed by atoms with van der Waals surface area (Å²) in [5, 5.41) is 3.30. The van der Waals surface area contributed by atoms with Gasteiger partial charge in [0, 0.05) is 36.4 Å². The Balaban J connectivity index is 1.69. The summed E-state index contributed by atoms with van der Waals surface area (Å²) >= 11 is 0. The summed E-state index contributed by atoms with van der Waals surface area (Å²) < 4.78 is 0. The molecule has 1 aromatic carbocycles. The lowest BCUT2D eigenvalue weighted by Gasteiger charge is -2.39. The number of hydrogen-bond donors (Lipinski definition) is 1. The molecule has 5 nitrogen and oxygen atoms in total. The van der Waals surface area contributed by atoms with Gasteiger partial charge >= 0.3 is 0 Å². The molecular formula is C20H29N3O2. The van der Waals surface area contributed by atoms with Crippen molar-refractivity contribution in [2.45, 2.75) is 65.0 Å². The Morgan fingerprint density at radius 2 is 1.92 bits per heavy atom. The highest BCUT2D eigenvalue weighted by molar-refractivity contribution is 5.97. The van der Waals surface area contributed by atoms with E-state index < -0.39 is 0 Å². The Morgan fingerprint density at radius 1 is 1.20 bits per heavy atom. The van der Waals surface area contributed by atoms with Crippen molar-refractivity contribution in [1.82, 2.24) is 4.90 Å². The van der Waals surface area contributed by atoms with Gasteiger partial charge in [0.1, 0.15) is 0 Å². The molecule has 3 rings (SSSR count). The second-order valence-electron chi connectivity index (χ2n) is 7.38. The molecule has 2 fully saturated rings. The Kier molecular flexibility index (Phi) is 5.30. The van der Waals surface area contributed by atoms with Gasteiger partial charge in [-0.3, -0.25) is 9.59 Å². The molecule has 2 atom stereocenters. The minimum atomic E-state index is 0.154. The molecule has 2 aliphatic heterocycles. The Morgan fingerprint density at radius 3 is 2.56 bits per heavy atom. The van der Waals surface area contributed by atoms with Crippen LogP contribution in [-0.2, 0) is 9.59 Å². The maximum absolute atomic E-state index is 12.7. The van der Waals surface area contributed by atoms with Gasteiger partial charge in [-0.1, -0.05) is 6.07 Å². The van der Waals surface area contributed by atoms with Crippen LogP contribution in [0, 0.1) is 6.92 Å². The van der Waals surface area contributed by atoms with Crippen LogP contribution in [-0.4, -0.2) is 41.9 Å². The number of hydrogen-bond acceptors (Lipinski definition) is 3. The van der Waals surface area contributed by atoms with Crippen LogP contribution in [0.2, 0.25) is 0 Å². The molecule has 5 heteroatoms. The van der Waals surface area contributed by atoms with E-state index in [1.807, 2.05) is 34.9 Å². The topological polar surface area (TPSA) is 52.7 Å². The molecule has 25 heavy (non-hydrogen) atoms. The molecule has 0 spiro atoms. The molecule has 0 radical (unpaired) electrons. The van der Waals surface area contributed by atoms with Gasteiger partial charge in [-0.15, -0.1) is 0 Å². The number of benzene rings is 1. The number of piperidine rings is 1. The third-order valence-corrected chi connectivity index (χ3v) is 5.58. The van der Waals surface area contributed by atoms with Gasteiger partial charge in [-0.05, 0) is 64.2 Å². The number of nitrogens with one attached hydrogen (secondary N) is 1. The normalized spacial score (nSPS) is 23.9. The van der Waals surface area contributed by atoms with E-state index in [2.05, 4.69) is 19.2 Å². The maximum atomic E-state index is 12.7. The van der Waals surface area contributed by atoms with E-state index in [-0.39, 0.29) is 11.8 Å². The number of carbonyl (C=O) groups is 2. The summed E-state index contributed by atoms with van der Waals surface area (Å²) in [6, 6.07) is 6.54. The smallest absolute Gasteiger partial charge is 0.242 e. The SMILES string of the molecule is Cc1c(NCC(=O)N2[C@@H](C)CCC[C@@H]2C)cccc1N1CCCC1=O. The van der Waals surface area contributed by atoms with Crippen LogP contribution in [0.1, 0.15) is 51.5 Å². The molecule has 2 amide bonds. The summed E-state index contributed by atoms with van der Waals surface area (Å²) in [4.78, 5) is 28.6. The van der Waals surface area contributed by atoms with Crippen LogP contribution in [0.5, 0.6) is 0 Å². The lowest BCUT2D eigenvalue weighted by molar-refractivity contribution is -0.135. The van der Waals surface area contributed by atoms with Gasteiger partial charge in [0.25, 0.3) is 0 Å². The fraction of sp³-hybridized carbons (Fsp3) is 0.600. The average Bonchev–Trinajstić information content (AvgIpc) is 2.99. The second-order valence-corrected chi connectivity index (χ2v) is 7.38. The summed E-state index contributed by atoms with van der Waals surface area (Å²) in [6.07, 6.45) is 4.91. The first-order chi connectivity index (χ1) is 12.0. The summed E-state index contributed by atoms with van der Waals surface area (Å²) in [7, 11) is 0. The van der Waals surface area contributed by atoms with Gasteiger partial charge in [-0.2, -0.15) is 0 Å². The van der Waals surface area contributed by atoms with Crippen molar-refractivity contribution in [3.63, 3.8) is 0 Å². The molecule has 0 saturated carbocycles. The largest absolute Gasteiger partial charge is 0.376 e. The predicted molar refractivity (Wildman–Crippen MR) is 101 cm³/mol. The van der Waals surface area contributed by atoms with Crippen molar-refractivity contribution in [2.24, 2.45) is 0 Å². The van der Waals surface area contributed by atoms with Crippen molar-refractivity contribution in [3.8, 4) is 0 Å². The second kappa shape index (κ2) is 7.46. The highest BCUT2D eigenvalue weighted by Crippen LogP contribution is 2.30. The molecule has 0 bridgehead atoms. The number of rotatable bonds is 4. The fourth-order valence-corrected chi connectivity index (χ4v) is 4.19. The summed E-state index contributed by atoms with van der Waals surface area (Å²) in [5.74, 6) is 0.342. The Hall–Kier alpha value is -2.04. The summed E-state index contributed by atoms with van der Waals surface area (Å²) in [6.45, 7) is 7.37. The maximum Gasteiger partial charge on any atom is 0.242 e. The lowest BCUT2D eigenvalue weighted by Crippen LogP contribution is -2.49. The third kappa shape index (κ3) is 3.65. The van der Waals surface area contributed by atoms with Crippen LogP contribution in [0.4, 0.5) is 11.4 Å². The predicted octanol–water partition coefficient (Wildman–Crippen LogP) is 3.32. The van der Waals surface area contributed by atoms with Crippen molar-refractivity contribution < 1.29 is 9.59 Å². The van der Waals surface area contributed by atoms with Gasteiger partial charge in [-0.25, -0.2) is 0 Å². The number of amides is 2. The Bertz CT molecular complexity index is 648. The molecule has 0 aliphatic carbocycles. The van der Waals surface area contributed by atoms with Gasteiger partial charge < -0.3 is 15.1 Å². The van der Waals surface area contributed by atoms with Crippen LogP contribution in [0.15, 0.2) is 18.2 Å². The molecule has 136 valence electrons. The van der Waals surface area contributed by atoms with E-state index in [1.54, 1.807) is 0 Å². The number of likely N-dealkylation sites (tertiary alicyclic amines) is 1.